The van der Waals surface area contributed by atoms with Gasteiger partial charge in [0.2, 0.25) is 10.0 Å². The summed E-state index contributed by atoms with van der Waals surface area (Å²) < 4.78 is 59.0. The van der Waals surface area contributed by atoms with E-state index in [1.807, 2.05) is 38.1 Å². The maximum atomic E-state index is 15.3. The lowest BCUT2D eigenvalue weighted by Gasteiger charge is -2.30. The molecule has 10 heteroatoms. The van der Waals surface area contributed by atoms with Crippen LogP contribution in [0.4, 0.5) is 4.39 Å². The zero-order valence-electron chi connectivity index (χ0n) is 23.9. The molecule has 42 heavy (non-hydrogen) atoms. The van der Waals surface area contributed by atoms with Crippen LogP contribution in [-0.2, 0) is 21.2 Å². The first-order valence-corrected chi connectivity index (χ1v) is 15.8. The smallest absolute Gasteiger partial charge is 0.304 e. The molecule has 8 nitrogen and oxygen atoms in total. The largest absolute Gasteiger partial charge is 0.492 e. The van der Waals surface area contributed by atoms with Gasteiger partial charge in [-0.15, -0.1) is 0 Å². The van der Waals surface area contributed by atoms with Gasteiger partial charge >= 0.3 is 5.97 Å². The molecule has 1 aliphatic carbocycles. The van der Waals surface area contributed by atoms with Crippen molar-refractivity contribution < 1.29 is 36.9 Å². The van der Waals surface area contributed by atoms with Gasteiger partial charge in [-0.05, 0) is 78.8 Å². The minimum atomic E-state index is -3.20. The van der Waals surface area contributed by atoms with Crippen molar-refractivity contribution in [1.82, 2.24) is 4.31 Å². The predicted octanol–water partition coefficient (Wildman–Crippen LogP) is 5.54. The van der Waals surface area contributed by atoms with Crippen molar-refractivity contribution in [2.24, 2.45) is 0 Å². The predicted molar refractivity (Wildman–Crippen MR) is 155 cm³/mol. The number of aliphatic carboxylic acids is 1. The van der Waals surface area contributed by atoms with Crippen molar-refractivity contribution in [3.8, 4) is 28.4 Å². The average molecular weight is 596 g/mol. The van der Waals surface area contributed by atoms with Gasteiger partial charge in [0.25, 0.3) is 0 Å². The van der Waals surface area contributed by atoms with Crippen LogP contribution in [0.5, 0.6) is 17.2 Å². The van der Waals surface area contributed by atoms with E-state index in [9.17, 15) is 13.2 Å². The highest BCUT2D eigenvalue weighted by atomic mass is 32.2. The van der Waals surface area contributed by atoms with Gasteiger partial charge < -0.3 is 19.3 Å². The molecule has 3 unspecified atom stereocenters. The van der Waals surface area contributed by atoms with Crippen LogP contribution in [0.3, 0.4) is 0 Å². The van der Waals surface area contributed by atoms with Crippen LogP contribution in [0, 0.1) is 19.7 Å². The molecule has 3 atom stereocenters. The van der Waals surface area contributed by atoms with Crippen LogP contribution in [0.1, 0.15) is 59.1 Å². The molecule has 222 valence electrons. The maximum absolute atomic E-state index is 15.3. The van der Waals surface area contributed by atoms with Crippen LogP contribution >= 0.6 is 0 Å². The summed E-state index contributed by atoms with van der Waals surface area (Å²) in [6.45, 7) is 4.65. The second kappa shape index (κ2) is 10.9. The monoisotopic (exact) mass is 595 g/mol. The van der Waals surface area contributed by atoms with Gasteiger partial charge in [-0.2, -0.15) is 0 Å². The Hall–Kier alpha value is -3.63. The summed E-state index contributed by atoms with van der Waals surface area (Å²) in [6.07, 6.45) is 1.06. The van der Waals surface area contributed by atoms with Crippen LogP contribution in [-0.4, -0.2) is 55.9 Å². The van der Waals surface area contributed by atoms with E-state index < -0.39 is 22.1 Å². The van der Waals surface area contributed by atoms with Gasteiger partial charge in [-0.25, -0.2) is 17.1 Å². The Bertz CT molecular complexity index is 1650. The molecule has 1 fully saturated rings. The normalized spacial score (nSPS) is 22.7. The van der Waals surface area contributed by atoms with Crippen molar-refractivity contribution in [2.75, 3.05) is 26.0 Å². The summed E-state index contributed by atoms with van der Waals surface area (Å²) in [5.41, 5.74) is 6.32. The quantitative estimate of drug-likeness (QED) is 0.383. The Morgan fingerprint density at radius 3 is 2.55 bits per heavy atom. The minimum absolute atomic E-state index is 0.00534. The first kappa shape index (κ1) is 28.5. The Morgan fingerprint density at radius 2 is 1.83 bits per heavy atom. The van der Waals surface area contributed by atoms with E-state index in [-0.39, 0.29) is 30.0 Å². The Balaban J connectivity index is 1.24. The number of fused-ring (bicyclic) bond motifs is 2. The first-order chi connectivity index (χ1) is 20.0. The first-order valence-electron chi connectivity index (χ1n) is 14.2. The molecular weight excluding hydrogens is 561 g/mol. The molecule has 0 spiro atoms. The van der Waals surface area contributed by atoms with Gasteiger partial charge in [0.1, 0.15) is 35.3 Å². The van der Waals surface area contributed by atoms with Crippen LogP contribution < -0.4 is 14.2 Å². The number of ether oxygens (including phenoxy) is 3. The van der Waals surface area contributed by atoms with E-state index in [1.54, 1.807) is 19.2 Å². The Morgan fingerprint density at radius 1 is 1.07 bits per heavy atom. The van der Waals surface area contributed by atoms with Gasteiger partial charge in [-0.1, -0.05) is 12.1 Å². The third-order valence-electron chi connectivity index (χ3n) is 8.56. The van der Waals surface area contributed by atoms with E-state index >= 15 is 4.39 Å². The van der Waals surface area contributed by atoms with E-state index in [1.165, 1.54) is 10.4 Å². The molecule has 0 aromatic heterocycles. The fraction of sp³-hybridized carbons (Fsp3) is 0.406. The van der Waals surface area contributed by atoms with Crippen LogP contribution in [0.25, 0.3) is 11.1 Å². The highest BCUT2D eigenvalue weighted by molar-refractivity contribution is 7.89. The lowest BCUT2D eigenvalue weighted by atomic mass is 9.90. The maximum Gasteiger partial charge on any atom is 0.304 e. The summed E-state index contributed by atoms with van der Waals surface area (Å²) in [7, 11) is -1.63. The van der Waals surface area contributed by atoms with Gasteiger partial charge in [-0.3, -0.25) is 4.79 Å². The number of carboxylic acid groups (broad SMARTS) is 1. The number of nitrogens with zero attached hydrogens (tertiary/aromatic N) is 1. The highest BCUT2D eigenvalue weighted by Crippen LogP contribution is 2.45. The number of sulfonamides is 1. The lowest BCUT2D eigenvalue weighted by molar-refractivity contribution is -0.137. The molecule has 3 aromatic rings. The SMILES string of the molecule is Cc1cc(OC2CCS(=O)(=O)N(C)C2)cc(C)c1-c1ccc(F)c2c1CCC2Oc1ccc2c(c1)OCC2CC(=O)O. The number of benzene rings is 3. The van der Waals surface area contributed by atoms with E-state index in [2.05, 4.69) is 0 Å². The van der Waals surface area contributed by atoms with Gasteiger partial charge in [0.15, 0.2) is 0 Å². The fourth-order valence-electron chi connectivity index (χ4n) is 6.53. The molecule has 2 heterocycles. The highest BCUT2D eigenvalue weighted by Gasteiger charge is 2.33. The van der Waals surface area contributed by atoms with E-state index in [4.69, 9.17) is 19.3 Å². The topological polar surface area (TPSA) is 102 Å². The minimum Gasteiger partial charge on any atom is -0.492 e. The van der Waals surface area contributed by atoms with Crippen molar-refractivity contribution in [3.63, 3.8) is 0 Å². The van der Waals surface area contributed by atoms with E-state index in [0.717, 1.165) is 33.4 Å². The van der Waals surface area contributed by atoms with Gasteiger partial charge in [0.05, 0.1) is 25.3 Å². The second-order valence-electron chi connectivity index (χ2n) is 11.5. The lowest BCUT2D eigenvalue weighted by Crippen LogP contribution is -2.44. The number of hydrogen-bond acceptors (Lipinski definition) is 6. The molecule has 0 amide bonds. The van der Waals surface area contributed by atoms with Crippen molar-refractivity contribution in [2.45, 2.75) is 57.7 Å². The third kappa shape index (κ3) is 5.33. The molecule has 2 aliphatic heterocycles. The third-order valence-corrected chi connectivity index (χ3v) is 10.4. The molecule has 6 rings (SSSR count). The zero-order chi connectivity index (χ0) is 29.8. The van der Waals surface area contributed by atoms with Crippen LogP contribution in [0.2, 0.25) is 0 Å². The summed E-state index contributed by atoms with van der Waals surface area (Å²) in [4.78, 5) is 11.2. The Kier molecular flexibility index (Phi) is 7.39. The van der Waals surface area contributed by atoms with E-state index in [0.29, 0.717) is 55.2 Å². The molecule has 3 aromatic carbocycles. The molecule has 1 N–H and O–H groups in total. The molecule has 3 aliphatic rings. The second-order valence-corrected chi connectivity index (χ2v) is 13.7. The summed E-state index contributed by atoms with van der Waals surface area (Å²) >= 11 is 0. The summed E-state index contributed by atoms with van der Waals surface area (Å²) in [6, 6.07) is 12.7. The van der Waals surface area contributed by atoms with Crippen molar-refractivity contribution in [1.29, 1.82) is 0 Å². The number of rotatable bonds is 7. The van der Waals surface area contributed by atoms with Crippen molar-refractivity contribution >= 4 is 16.0 Å². The standard InChI is InChI=1S/C32H34FNO7S/c1-18-12-23(40-22-10-11-42(37,38)34(3)16-22)13-19(2)31(18)25-6-8-27(33)32-26(25)7-9-28(32)41-21-4-5-24-20(14-30(35)36)17-39-29(24)15-21/h4-6,8,12-13,15,20,22,28H,7,9-11,14,16-17H2,1-3H3,(H,35,36). The molecule has 1 saturated heterocycles. The molecule has 0 bridgehead atoms. The molecule has 0 saturated carbocycles. The van der Waals surface area contributed by atoms with Crippen molar-refractivity contribution in [3.05, 3.63) is 76.1 Å². The number of aryl methyl sites for hydroxylation is 2. The average Bonchev–Trinajstić information content (AvgIpc) is 3.52. The molecule has 0 radical (unpaired) electrons. The summed E-state index contributed by atoms with van der Waals surface area (Å²) in [5.74, 6) is 0.565. The number of halogens is 1. The van der Waals surface area contributed by atoms with Crippen LogP contribution in [0.15, 0.2) is 42.5 Å². The fourth-order valence-corrected chi connectivity index (χ4v) is 7.80. The Labute approximate surface area is 245 Å². The summed E-state index contributed by atoms with van der Waals surface area (Å²) in [5, 5.41) is 9.16. The number of carbonyl (C=O) groups is 1. The van der Waals surface area contributed by atoms with Gasteiger partial charge in [0, 0.05) is 36.6 Å². The number of carboxylic acids is 1. The molecular formula is C32H34FNO7S. The number of likely N-dealkylation sites (N-methyl/N-ethyl adjacent to an activating group) is 1. The number of hydrogen-bond donors (Lipinski definition) is 1. The zero-order valence-corrected chi connectivity index (χ0v) is 24.7.